The average molecular weight is 168 g/mol. The summed E-state index contributed by atoms with van der Waals surface area (Å²) in [7, 11) is 0. The van der Waals surface area contributed by atoms with Gasteiger partial charge in [0.2, 0.25) is 5.91 Å². The molecule has 2 saturated heterocycles. The minimum atomic E-state index is 0.184. The van der Waals surface area contributed by atoms with E-state index in [-0.39, 0.29) is 5.91 Å². The van der Waals surface area contributed by atoms with Crippen LogP contribution in [0.25, 0.3) is 0 Å². The van der Waals surface area contributed by atoms with Crippen LogP contribution >= 0.6 is 0 Å². The lowest BCUT2D eigenvalue weighted by Gasteiger charge is -2.28. The molecule has 68 valence electrons. The Balaban J connectivity index is 2.07. The summed E-state index contributed by atoms with van der Waals surface area (Å²) in [6.07, 6.45) is 1.22. The van der Waals surface area contributed by atoms with Crippen molar-refractivity contribution in [2.24, 2.45) is 5.41 Å². The Bertz CT molecular complexity index is 213. The van der Waals surface area contributed by atoms with E-state index in [0.717, 1.165) is 13.1 Å². The van der Waals surface area contributed by atoms with Gasteiger partial charge in [0.05, 0.1) is 6.54 Å². The van der Waals surface area contributed by atoms with Crippen LogP contribution in [0.1, 0.15) is 20.3 Å². The van der Waals surface area contributed by atoms with E-state index in [2.05, 4.69) is 24.1 Å². The smallest absolute Gasteiger partial charge is 0.234 e. The van der Waals surface area contributed by atoms with Crippen LogP contribution in [0.4, 0.5) is 0 Å². The first-order valence-electron chi connectivity index (χ1n) is 4.58. The second kappa shape index (κ2) is 2.46. The predicted molar refractivity (Wildman–Crippen MR) is 46.8 cm³/mol. The molecule has 0 aromatic heterocycles. The summed E-state index contributed by atoms with van der Waals surface area (Å²) in [5.41, 5.74) is 0.400. The molecular weight excluding hydrogens is 152 g/mol. The number of nitrogens with zero attached hydrogens (tertiary/aromatic N) is 1. The Labute approximate surface area is 73.1 Å². The highest BCUT2D eigenvalue weighted by Crippen LogP contribution is 2.34. The van der Waals surface area contributed by atoms with Crippen molar-refractivity contribution in [3.63, 3.8) is 0 Å². The lowest BCUT2D eigenvalue weighted by Crippen LogP contribution is -2.51. The molecule has 1 N–H and O–H groups in total. The number of fused-ring (bicyclic) bond motifs is 1. The molecule has 0 aliphatic carbocycles. The number of piperazine rings is 1. The van der Waals surface area contributed by atoms with Gasteiger partial charge in [0.1, 0.15) is 0 Å². The Morgan fingerprint density at radius 1 is 1.58 bits per heavy atom. The summed E-state index contributed by atoms with van der Waals surface area (Å²) in [6, 6.07) is 0.595. The van der Waals surface area contributed by atoms with Gasteiger partial charge in [-0.1, -0.05) is 13.8 Å². The fraction of sp³-hybridized carbons (Fsp3) is 0.889. The molecule has 1 amide bonds. The van der Waals surface area contributed by atoms with Crippen molar-refractivity contribution in [1.29, 1.82) is 0 Å². The van der Waals surface area contributed by atoms with E-state index in [1.54, 1.807) is 0 Å². The Hall–Kier alpha value is -0.570. The van der Waals surface area contributed by atoms with E-state index in [1.165, 1.54) is 6.42 Å². The average Bonchev–Trinajstić information content (AvgIpc) is 2.21. The van der Waals surface area contributed by atoms with Crippen LogP contribution in [-0.4, -0.2) is 36.5 Å². The van der Waals surface area contributed by atoms with Gasteiger partial charge >= 0.3 is 0 Å². The second-order valence-electron chi connectivity index (χ2n) is 4.73. The number of carbonyl (C=O) groups is 1. The summed E-state index contributed by atoms with van der Waals surface area (Å²) in [5.74, 6) is 0.184. The maximum atomic E-state index is 11.1. The third-order valence-corrected chi connectivity index (χ3v) is 2.82. The van der Waals surface area contributed by atoms with Crippen LogP contribution in [0.5, 0.6) is 0 Å². The zero-order valence-corrected chi connectivity index (χ0v) is 7.76. The van der Waals surface area contributed by atoms with Crippen LogP contribution in [-0.2, 0) is 4.79 Å². The normalized spacial score (nSPS) is 34.5. The van der Waals surface area contributed by atoms with Crippen LogP contribution in [0, 0.1) is 5.41 Å². The monoisotopic (exact) mass is 168 g/mol. The number of carbonyl (C=O) groups excluding carboxylic acids is 1. The van der Waals surface area contributed by atoms with Gasteiger partial charge in [0.15, 0.2) is 0 Å². The van der Waals surface area contributed by atoms with Gasteiger partial charge in [-0.15, -0.1) is 0 Å². The lowest BCUT2D eigenvalue weighted by atomic mass is 9.91. The molecular formula is C9H16N2O. The number of nitrogens with one attached hydrogen (secondary N) is 1. The molecule has 12 heavy (non-hydrogen) atoms. The van der Waals surface area contributed by atoms with E-state index < -0.39 is 0 Å². The van der Waals surface area contributed by atoms with Crippen LogP contribution < -0.4 is 5.32 Å². The zero-order chi connectivity index (χ0) is 8.77. The summed E-state index contributed by atoms with van der Waals surface area (Å²) >= 11 is 0. The highest BCUT2D eigenvalue weighted by atomic mass is 16.2. The highest BCUT2D eigenvalue weighted by molar-refractivity contribution is 5.79. The lowest BCUT2D eigenvalue weighted by molar-refractivity contribution is -0.124. The molecule has 3 nitrogen and oxygen atoms in total. The minimum Gasteiger partial charge on any atom is -0.353 e. The Morgan fingerprint density at radius 3 is 3.08 bits per heavy atom. The third kappa shape index (κ3) is 1.33. The van der Waals surface area contributed by atoms with Gasteiger partial charge in [0.25, 0.3) is 0 Å². The molecule has 2 heterocycles. The van der Waals surface area contributed by atoms with Gasteiger partial charge in [-0.25, -0.2) is 0 Å². The van der Waals surface area contributed by atoms with Crippen molar-refractivity contribution in [2.45, 2.75) is 26.3 Å². The summed E-state index contributed by atoms with van der Waals surface area (Å²) in [5, 5.41) is 2.91. The molecule has 1 atom stereocenters. The van der Waals surface area contributed by atoms with E-state index in [4.69, 9.17) is 0 Å². The van der Waals surface area contributed by atoms with Crippen molar-refractivity contribution >= 4 is 5.91 Å². The first-order valence-corrected chi connectivity index (χ1v) is 4.58. The molecule has 2 aliphatic rings. The number of amides is 1. The number of hydrogen-bond acceptors (Lipinski definition) is 2. The first-order chi connectivity index (χ1) is 5.57. The maximum Gasteiger partial charge on any atom is 0.234 e. The topological polar surface area (TPSA) is 32.3 Å². The second-order valence-corrected chi connectivity index (χ2v) is 4.73. The zero-order valence-electron chi connectivity index (χ0n) is 7.76. The molecule has 0 unspecified atom stereocenters. The molecule has 2 fully saturated rings. The van der Waals surface area contributed by atoms with Gasteiger partial charge < -0.3 is 5.32 Å². The largest absolute Gasteiger partial charge is 0.353 e. The van der Waals surface area contributed by atoms with Crippen molar-refractivity contribution in [1.82, 2.24) is 10.2 Å². The van der Waals surface area contributed by atoms with Crippen molar-refractivity contribution in [3.05, 3.63) is 0 Å². The van der Waals surface area contributed by atoms with Crippen LogP contribution in [0.3, 0.4) is 0 Å². The van der Waals surface area contributed by atoms with Crippen molar-refractivity contribution in [2.75, 3.05) is 19.6 Å². The SMILES string of the molecule is CC1(C)C[C@@H]2CNC(=O)CN2C1. The minimum absolute atomic E-state index is 0.184. The summed E-state index contributed by atoms with van der Waals surface area (Å²) < 4.78 is 0. The Kier molecular flexibility index (Phi) is 1.65. The van der Waals surface area contributed by atoms with Gasteiger partial charge in [0, 0.05) is 19.1 Å². The van der Waals surface area contributed by atoms with E-state index in [1.807, 2.05) is 0 Å². The van der Waals surface area contributed by atoms with Gasteiger partial charge in [-0.05, 0) is 11.8 Å². The summed E-state index contributed by atoms with van der Waals surface area (Å²) in [4.78, 5) is 13.4. The van der Waals surface area contributed by atoms with Crippen molar-refractivity contribution in [3.8, 4) is 0 Å². The number of hydrogen-bond donors (Lipinski definition) is 1. The predicted octanol–water partition coefficient (Wildman–Crippen LogP) is 0.217. The molecule has 0 radical (unpaired) electrons. The fourth-order valence-electron chi connectivity index (χ4n) is 2.37. The number of rotatable bonds is 0. The van der Waals surface area contributed by atoms with E-state index >= 15 is 0 Å². The molecule has 0 aromatic rings. The highest BCUT2D eigenvalue weighted by Gasteiger charge is 2.40. The summed E-state index contributed by atoms with van der Waals surface area (Å²) in [6.45, 7) is 7.08. The van der Waals surface area contributed by atoms with Crippen LogP contribution in [0.2, 0.25) is 0 Å². The third-order valence-electron chi connectivity index (χ3n) is 2.82. The molecule has 0 bridgehead atoms. The first kappa shape index (κ1) is 8.05. The van der Waals surface area contributed by atoms with E-state index in [9.17, 15) is 4.79 Å². The maximum absolute atomic E-state index is 11.1. The fourth-order valence-corrected chi connectivity index (χ4v) is 2.37. The molecule has 0 spiro atoms. The molecule has 0 saturated carbocycles. The molecule has 0 aromatic carbocycles. The Morgan fingerprint density at radius 2 is 2.33 bits per heavy atom. The van der Waals surface area contributed by atoms with Gasteiger partial charge in [-0.3, -0.25) is 9.69 Å². The standard InChI is InChI=1S/C9H16N2O/c1-9(2)3-7-4-10-8(12)5-11(7)6-9/h7H,3-6H2,1-2H3,(H,10,12)/t7-/m1/s1. The van der Waals surface area contributed by atoms with Crippen molar-refractivity contribution < 1.29 is 4.79 Å². The van der Waals surface area contributed by atoms with Crippen LogP contribution in [0.15, 0.2) is 0 Å². The molecule has 2 rings (SSSR count). The molecule has 3 heteroatoms. The van der Waals surface area contributed by atoms with E-state index in [0.29, 0.717) is 18.0 Å². The quantitative estimate of drug-likeness (QED) is 0.561. The van der Waals surface area contributed by atoms with Gasteiger partial charge in [-0.2, -0.15) is 0 Å². The molecule has 2 aliphatic heterocycles.